The third-order valence-corrected chi connectivity index (χ3v) is 3.91. The van der Waals surface area contributed by atoms with Crippen LogP contribution in [0.1, 0.15) is 38.8 Å². The molecular weight excluding hydrogens is 228 g/mol. The summed E-state index contributed by atoms with van der Waals surface area (Å²) in [4.78, 5) is 20.4. The molecule has 1 aliphatic carbocycles. The van der Waals surface area contributed by atoms with Gasteiger partial charge in [0, 0.05) is 18.4 Å². The molecule has 1 fully saturated rings. The van der Waals surface area contributed by atoms with Crippen molar-refractivity contribution < 1.29 is 9.53 Å². The minimum Gasteiger partial charge on any atom is -0.481 e. The maximum atomic E-state index is 12.3. The molecule has 1 aliphatic rings. The number of ketones is 1. The summed E-state index contributed by atoms with van der Waals surface area (Å²) >= 11 is 0. The van der Waals surface area contributed by atoms with Gasteiger partial charge in [0.15, 0.2) is 0 Å². The van der Waals surface area contributed by atoms with Crippen LogP contribution in [0.15, 0.2) is 12.4 Å². The smallest absolute Gasteiger partial charge is 0.216 e. The Balaban J connectivity index is 2.07. The molecule has 1 aromatic rings. The van der Waals surface area contributed by atoms with E-state index in [1.165, 1.54) is 6.33 Å². The van der Waals surface area contributed by atoms with E-state index in [1.807, 2.05) is 0 Å². The summed E-state index contributed by atoms with van der Waals surface area (Å²) in [5, 5.41) is 0. The van der Waals surface area contributed by atoms with Gasteiger partial charge in [0.2, 0.25) is 5.88 Å². The quantitative estimate of drug-likeness (QED) is 0.821. The number of nitrogens with zero attached hydrogens (tertiary/aromatic N) is 2. The third kappa shape index (κ3) is 2.68. The molecule has 1 atom stereocenters. The summed E-state index contributed by atoms with van der Waals surface area (Å²) < 4.78 is 5.04. The molecule has 1 saturated carbocycles. The van der Waals surface area contributed by atoms with Gasteiger partial charge in [-0.1, -0.05) is 20.3 Å². The van der Waals surface area contributed by atoms with Gasteiger partial charge in [-0.3, -0.25) is 4.79 Å². The standard InChI is InChI=1S/C14H20N2O2/c1-14(2)6-4-5-11(14)12(17)7-10-8-13(18-3)16-9-15-10/h8-9,11H,4-7H2,1-3H3. The second-order valence-electron chi connectivity index (χ2n) is 5.63. The first-order valence-corrected chi connectivity index (χ1v) is 6.40. The molecule has 0 aromatic carbocycles. The summed E-state index contributed by atoms with van der Waals surface area (Å²) in [6.45, 7) is 4.37. The first-order chi connectivity index (χ1) is 8.53. The van der Waals surface area contributed by atoms with Crippen LogP contribution in [0.3, 0.4) is 0 Å². The number of methoxy groups -OCH3 is 1. The van der Waals surface area contributed by atoms with Crippen molar-refractivity contribution in [3.8, 4) is 5.88 Å². The molecular formula is C14H20N2O2. The average Bonchev–Trinajstić information content (AvgIpc) is 2.69. The van der Waals surface area contributed by atoms with E-state index in [0.717, 1.165) is 25.0 Å². The summed E-state index contributed by atoms with van der Waals surface area (Å²) in [6.07, 6.45) is 5.12. The molecule has 0 aliphatic heterocycles. The number of hydrogen-bond acceptors (Lipinski definition) is 4. The normalized spacial score (nSPS) is 21.8. The van der Waals surface area contributed by atoms with Gasteiger partial charge in [-0.2, -0.15) is 0 Å². The second-order valence-corrected chi connectivity index (χ2v) is 5.63. The van der Waals surface area contributed by atoms with E-state index >= 15 is 0 Å². The van der Waals surface area contributed by atoms with Gasteiger partial charge < -0.3 is 4.74 Å². The Labute approximate surface area is 108 Å². The van der Waals surface area contributed by atoms with Crippen molar-refractivity contribution in [1.82, 2.24) is 9.97 Å². The lowest BCUT2D eigenvalue weighted by Crippen LogP contribution is -2.27. The summed E-state index contributed by atoms with van der Waals surface area (Å²) in [6, 6.07) is 1.74. The highest BCUT2D eigenvalue weighted by Crippen LogP contribution is 2.43. The summed E-state index contributed by atoms with van der Waals surface area (Å²) in [5.74, 6) is 0.968. The van der Waals surface area contributed by atoms with Gasteiger partial charge >= 0.3 is 0 Å². The van der Waals surface area contributed by atoms with Crippen molar-refractivity contribution in [2.75, 3.05) is 7.11 Å². The number of carbonyl (C=O) groups is 1. The maximum absolute atomic E-state index is 12.3. The highest BCUT2D eigenvalue weighted by molar-refractivity contribution is 5.83. The number of aromatic nitrogens is 2. The minimum absolute atomic E-state index is 0.133. The first-order valence-electron chi connectivity index (χ1n) is 6.40. The number of hydrogen-bond donors (Lipinski definition) is 0. The summed E-state index contributed by atoms with van der Waals surface area (Å²) in [7, 11) is 1.56. The van der Waals surface area contributed by atoms with E-state index < -0.39 is 0 Å². The second kappa shape index (κ2) is 5.04. The number of rotatable bonds is 4. The number of carbonyl (C=O) groups excluding carboxylic acids is 1. The molecule has 1 unspecified atom stereocenters. The molecule has 0 bridgehead atoms. The first kappa shape index (κ1) is 13.0. The molecule has 98 valence electrons. The van der Waals surface area contributed by atoms with Crippen molar-refractivity contribution in [2.24, 2.45) is 11.3 Å². The molecule has 4 nitrogen and oxygen atoms in total. The molecule has 1 aromatic heterocycles. The highest BCUT2D eigenvalue weighted by atomic mass is 16.5. The predicted octanol–water partition coefficient (Wildman–Crippen LogP) is 2.42. The van der Waals surface area contributed by atoms with E-state index in [1.54, 1.807) is 13.2 Å². The Bertz CT molecular complexity index is 443. The Morgan fingerprint density at radius 1 is 1.50 bits per heavy atom. The number of ether oxygens (including phenoxy) is 1. The molecule has 2 rings (SSSR count). The van der Waals surface area contributed by atoms with E-state index in [-0.39, 0.29) is 11.3 Å². The van der Waals surface area contributed by atoms with Crippen LogP contribution in [0.2, 0.25) is 0 Å². The SMILES string of the molecule is COc1cc(CC(=O)C2CCCC2(C)C)ncn1. The molecule has 0 spiro atoms. The third-order valence-electron chi connectivity index (χ3n) is 3.91. The van der Waals surface area contributed by atoms with E-state index in [4.69, 9.17) is 4.74 Å². The fourth-order valence-corrected chi connectivity index (χ4v) is 2.81. The van der Waals surface area contributed by atoms with Crippen LogP contribution < -0.4 is 4.74 Å². The molecule has 0 amide bonds. The zero-order valence-corrected chi connectivity index (χ0v) is 11.3. The predicted molar refractivity (Wildman–Crippen MR) is 68.4 cm³/mol. The topological polar surface area (TPSA) is 52.1 Å². The highest BCUT2D eigenvalue weighted by Gasteiger charge is 2.38. The van der Waals surface area contributed by atoms with Crippen LogP contribution >= 0.6 is 0 Å². The van der Waals surface area contributed by atoms with Crippen molar-refractivity contribution in [1.29, 1.82) is 0 Å². The lowest BCUT2D eigenvalue weighted by atomic mass is 9.78. The van der Waals surface area contributed by atoms with Gasteiger partial charge in [0.1, 0.15) is 12.1 Å². The molecule has 4 heteroatoms. The molecule has 0 N–H and O–H groups in total. The number of Topliss-reactive ketones (excluding diaryl/α,β-unsaturated/α-hetero) is 1. The lowest BCUT2D eigenvalue weighted by molar-refractivity contribution is -0.124. The molecule has 0 saturated heterocycles. The van der Waals surface area contributed by atoms with Crippen LogP contribution in [0.4, 0.5) is 0 Å². The Morgan fingerprint density at radius 3 is 2.89 bits per heavy atom. The fourth-order valence-electron chi connectivity index (χ4n) is 2.81. The van der Waals surface area contributed by atoms with Crippen molar-refractivity contribution in [3.05, 3.63) is 18.1 Å². The van der Waals surface area contributed by atoms with Gasteiger partial charge in [-0.15, -0.1) is 0 Å². The molecule has 18 heavy (non-hydrogen) atoms. The van der Waals surface area contributed by atoms with Crippen molar-refractivity contribution >= 4 is 5.78 Å². The van der Waals surface area contributed by atoms with Crippen LogP contribution in [0.25, 0.3) is 0 Å². The largest absolute Gasteiger partial charge is 0.481 e. The molecule has 1 heterocycles. The average molecular weight is 248 g/mol. The van der Waals surface area contributed by atoms with Gasteiger partial charge in [-0.25, -0.2) is 9.97 Å². The zero-order valence-electron chi connectivity index (χ0n) is 11.3. The van der Waals surface area contributed by atoms with Crippen LogP contribution in [0.5, 0.6) is 5.88 Å². The van der Waals surface area contributed by atoms with Crippen LogP contribution in [-0.2, 0) is 11.2 Å². The van der Waals surface area contributed by atoms with Crippen molar-refractivity contribution in [3.63, 3.8) is 0 Å². The zero-order chi connectivity index (χ0) is 13.2. The van der Waals surface area contributed by atoms with E-state index in [9.17, 15) is 4.79 Å². The molecule has 0 radical (unpaired) electrons. The Kier molecular flexibility index (Phi) is 3.64. The fraction of sp³-hybridized carbons (Fsp3) is 0.643. The van der Waals surface area contributed by atoms with E-state index in [0.29, 0.717) is 18.1 Å². The van der Waals surface area contributed by atoms with Crippen LogP contribution in [0, 0.1) is 11.3 Å². The van der Waals surface area contributed by atoms with Crippen molar-refractivity contribution in [2.45, 2.75) is 39.5 Å². The van der Waals surface area contributed by atoms with Crippen LogP contribution in [-0.4, -0.2) is 22.9 Å². The van der Waals surface area contributed by atoms with E-state index in [2.05, 4.69) is 23.8 Å². The monoisotopic (exact) mass is 248 g/mol. The summed E-state index contributed by atoms with van der Waals surface area (Å²) in [5.41, 5.74) is 0.878. The minimum atomic E-state index is 0.133. The Hall–Kier alpha value is -1.45. The Morgan fingerprint density at radius 2 is 2.28 bits per heavy atom. The lowest BCUT2D eigenvalue weighted by Gasteiger charge is -2.25. The van der Waals surface area contributed by atoms with Gasteiger partial charge in [0.05, 0.1) is 12.8 Å². The maximum Gasteiger partial charge on any atom is 0.216 e. The van der Waals surface area contributed by atoms with Gasteiger partial charge in [0.25, 0.3) is 0 Å². The van der Waals surface area contributed by atoms with Gasteiger partial charge in [-0.05, 0) is 18.3 Å².